The van der Waals surface area contributed by atoms with E-state index in [1.807, 2.05) is 37.3 Å². The molecule has 0 aliphatic carbocycles. The highest BCUT2D eigenvalue weighted by Crippen LogP contribution is 2.09. The zero-order chi connectivity index (χ0) is 17.4. The molecule has 1 aromatic rings. The smallest absolute Gasteiger partial charge is 0.249 e. The number of nitrogens with two attached hydrogens (primary N) is 1. The number of aliphatic hydroxyl groups is 2. The summed E-state index contributed by atoms with van der Waals surface area (Å²) in [5, 5.41) is 21.7. The number of carbonyl (C=O) groups is 1. The molecule has 1 aromatic carbocycles. The zero-order valence-corrected chi connectivity index (χ0v) is 14.0. The summed E-state index contributed by atoms with van der Waals surface area (Å²) in [7, 11) is 0. The Morgan fingerprint density at radius 3 is 2.39 bits per heavy atom. The first-order valence-electron chi connectivity index (χ1n) is 7.89. The van der Waals surface area contributed by atoms with E-state index in [0.717, 1.165) is 12.0 Å². The first kappa shape index (κ1) is 19.6. The molecule has 0 aliphatic rings. The summed E-state index contributed by atoms with van der Waals surface area (Å²) < 4.78 is 5.53. The normalized spacial score (nSPS) is 17.8. The minimum atomic E-state index is -0.880. The first-order valence-corrected chi connectivity index (χ1v) is 7.89. The minimum Gasteiger partial charge on any atom is -0.395 e. The second kappa shape index (κ2) is 9.62. The number of amides is 1. The average molecular weight is 324 g/mol. The van der Waals surface area contributed by atoms with Crippen LogP contribution in [0, 0.1) is 0 Å². The van der Waals surface area contributed by atoms with Crippen LogP contribution in [0.1, 0.15) is 26.3 Å². The quantitative estimate of drug-likeness (QED) is 0.520. The van der Waals surface area contributed by atoms with E-state index in [1.165, 1.54) is 6.92 Å². The summed E-state index contributed by atoms with van der Waals surface area (Å²) >= 11 is 0. The van der Waals surface area contributed by atoms with E-state index in [2.05, 4.69) is 5.32 Å². The van der Waals surface area contributed by atoms with Crippen LogP contribution in [0.25, 0.3) is 0 Å². The van der Waals surface area contributed by atoms with Gasteiger partial charge >= 0.3 is 0 Å². The molecule has 0 fully saturated rings. The predicted molar refractivity (Wildman–Crippen MR) is 88.8 cm³/mol. The van der Waals surface area contributed by atoms with Crippen LogP contribution in [0.2, 0.25) is 0 Å². The summed E-state index contributed by atoms with van der Waals surface area (Å²) in [6.07, 6.45) is -1.74. The monoisotopic (exact) mass is 324 g/mol. The molecular formula is C17H28N2O4. The van der Waals surface area contributed by atoms with Crippen molar-refractivity contribution in [3.05, 3.63) is 35.9 Å². The summed E-state index contributed by atoms with van der Waals surface area (Å²) in [5.74, 6) is -0.274. The van der Waals surface area contributed by atoms with Gasteiger partial charge in [0.05, 0.1) is 18.8 Å². The van der Waals surface area contributed by atoms with E-state index >= 15 is 0 Å². The number of carbonyl (C=O) groups excluding carboxylic acids is 1. The number of ether oxygens (including phenoxy) is 1. The second-order valence-electron chi connectivity index (χ2n) is 5.93. The van der Waals surface area contributed by atoms with Gasteiger partial charge in [-0.05, 0) is 32.8 Å². The number of nitrogens with one attached hydrogen (secondary N) is 1. The highest BCUT2D eigenvalue weighted by atomic mass is 16.5. The topological polar surface area (TPSA) is 105 Å². The fraction of sp³-hybridized carbons (Fsp3) is 0.588. The Hall–Kier alpha value is -1.47. The van der Waals surface area contributed by atoms with Gasteiger partial charge in [-0.3, -0.25) is 4.79 Å². The number of hydrogen-bond acceptors (Lipinski definition) is 5. The highest BCUT2D eigenvalue weighted by molar-refractivity contribution is 5.80. The Labute approximate surface area is 137 Å². The van der Waals surface area contributed by atoms with Gasteiger partial charge < -0.3 is 26.0 Å². The van der Waals surface area contributed by atoms with Crippen LogP contribution in [0.4, 0.5) is 0 Å². The van der Waals surface area contributed by atoms with Gasteiger partial charge in [0.2, 0.25) is 5.91 Å². The van der Waals surface area contributed by atoms with Crippen LogP contribution in [-0.4, -0.2) is 53.1 Å². The van der Waals surface area contributed by atoms with Crippen LogP contribution in [0.15, 0.2) is 30.3 Å². The van der Waals surface area contributed by atoms with Crippen molar-refractivity contribution in [2.24, 2.45) is 5.73 Å². The lowest BCUT2D eigenvalue weighted by Crippen LogP contribution is -2.50. The Kier molecular flexibility index (Phi) is 8.19. The first-order chi connectivity index (χ1) is 10.8. The summed E-state index contributed by atoms with van der Waals surface area (Å²) in [6, 6.07) is 9.08. The number of rotatable bonds is 9. The fourth-order valence-electron chi connectivity index (χ4n) is 2.35. The lowest BCUT2D eigenvalue weighted by atomic mass is 10.1. The van der Waals surface area contributed by atoms with E-state index in [9.17, 15) is 9.90 Å². The molecule has 5 atom stereocenters. The zero-order valence-electron chi connectivity index (χ0n) is 14.0. The third kappa shape index (κ3) is 6.66. The molecule has 0 aliphatic heterocycles. The van der Waals surface area contributed by atoms with E-state index < -0.39 is 24.4 Å². The summed E-state index contributed by atoms with van der Waals surface area (Å²) in [4.78, 5) is 12.2. The van der Waals surface area contributed by atoms with Gasteiger partial charge in [-0.1, -0.05) is 30.3 Å². The molecule has 0 spiro atoms. The maximum absolute atomic E-state index is 12.2. The third-order valence-corrected chi connectivity index (χ3v) is 3.61. The minimum absolute atomic E-state index is 0.0486. The molecule has 6 nitrogen and oxygen atoms in total. The Balaban J connectivity index is 2.52. The van der Waals surface area contributed by atoms with E-state index in [1.54, 1.807) is 6.92 Å². The molecule has 1 rings (SSSR count). The molecule has 6 heteroatoms. The lowest BCUT2D eigenvalue weighted by Gasteiger charge is -2.28. The highest BCUT2D eigenvalue weighted by Gasteiger charge is 2.28. The van der Waals surface area contributed by atoms with Crippen molar-refractivity contribution in [3.63, 3.8) is 0 Å². The Bertz CT molecular complexity index is 467. The molecule has 5 N–H and O–H groups in total. The van der Waals surface area contributed by atoms with E-state index in [-0.39, 0.29) is 18.6 Å². The van der Waals surface area contributed by atoms with Crippen LogP contribution in [0.5, 0.6) is 0 Å². The van der Waals surface area contributed by atoms with Gasteiger partial charge in [0.1, 0.15) is 12.2 Å². The lowest BCUT2D eigenvalue weighted by molar-refractivity contribution is -0.142. The number of benzene rings is 1. The molecule has 130 valence electrons. The molecule has 0 saturated carbocycles. The van der Waals surface area contributed by atoms with Crippen molar-refractivity contribution in [2.75, 3.05) is 6.61 Å². The van der Waals surface area contributed by atoms with Crippen molar-refractivity contribution < 1.29 is 19.7 Å². The van der Waals surface area contributed by atoms with Gasteiger partial charge in [-0.15, -0.1) is 0 Å². The van der Waals surface area contributed by atoms with Crippen molar-refractivity contribution in [1.82, 2.24) is 5.32 Å². The number of aliphatic hydroxyl groups excluding tert-OH is 2. The van der Waals surface area contributed by atoms with Gasteiger partial charge in [0, 0.05) is 6.04 Å². The fourth-order valence-corrected chi connectivity index (χ4v) is 2.35. The average Bonchev–Trinajstić information content (AvgIpc) is 2.52. The van der Waals surface area contributed by atoms with Crippen molar-refractivity contribution >= 4 is 5.91 Å². The Morgan fingerprint density at radius 2 is 1.87 bits per heavy atom. The predicted octanol–water partition coefficient (Wildman–Crippen LogP) is 0.208. The van der Waals surface area contributed by atoms with Gasteiger partial charge in [-0.25, -0.2) is 0 Å². The Morgan fingerprint density at radius 1 is 1.26 bits per heavy atom. The molecule has 0 bridgehead atoms. The third-order valence-electron chi connectivity index (χ3n) is 3.61. The summed E-state index contributed by atoms with van der Waals surface area (Å²) in [5.41, 5.74) is 6.84. The van der Waals surface area contributed by atoms with E-state index in [4.69, 9.17) is 15.6 Å². The van der Waals surface area contributed by atoms with Crippen molar-refractivity contribution in [2.45, 2.75) is 57.6 Å². The molecule has 23 heavy (non-hydrogen) atoms. The summed E-state index contributed by atoms with van der Waals surface area (Å²) in [6.45, 7) is 4.71. The van der Waals surface area contributed by atoms with Crippen LogP contribution < -0.4 is 11.1 Å². The molecule has 1 amide bonds. The molecular weight excluding hydrogens is 296 g/mol. The van der Waals surface area contributed by atoms with Crippen molar-refractivity contribution in [1.29, 1.82) is 0 Å². The molecule has 0 radical (unpaired) electrons. The van der Waals surface area contributed by atoms with Crippen LogP contribution >= 0.6 is 0 Å². The maximum Gasteiger partial charge on any atom is 0.249 e. The largest absolute Gasteiger partial charge is 0.395 e. The van der Waals surface area contributed by atoms with Crippen LogP contribution in [-0.2, 0) is 16.0 Å². The molecule has 2 unspecified atom stereocenters. The maximum atomic E-state index is 12.2. The van der Waals surface area contributed by atoms with Gasteiger partial charge in [0.15, 0.2) is 0 Å². The second-order valence-corrected chi connectivity index (χ2v) is 5.93. The standard InChI is InChI=1S/C17H28N2O4/c1-11(9-14-7-5-4-6-8-14)19-17(22)13(3)23-16(12(2)21)15(18)10-20/h4-8,11-13,15-16,20-21H,9-10,18H2,1-3H3,(H,19,22)/t11-,12?,13+,15-,16?/m0/s1. The van der Waals surface area contributed by atoms with Gasteiger partial charge in [0.25, 0.3) is 0 Å². The number of hydrogen-bond donors (Lipinski definition) is 4. The molecule has 0 saturated heterocycles. The van der Waals surface area contributed by atoms with Crippen LogP contribution in [0.3, 0.4) is 0 Å². The molecule has 0 aromatic heterocycles. The molecule has 0 heterocycles. The van der Waals surface area contributed by atoms with Crippen molar-refractivity contribution in [3.8, 4) is 0 Å². The van der Waals surface area contributed by atoms with E-state index in [0.29, 0.717) is 0 Å². The SMILES string of the molecule is CC(O)C(O[C@H](C)C(=O)N[C@@H](C)Cc1ccccc1)[C@@H](N)CO. The van der Waals surface area contributed by atoms with Gasteiger partial charge in [-0.2, -0.15) is 0 Å².